The van der Waals surface area contributed by atoms with Crippen molar-refractivity contribution >= 4 is 11.3 Å². The van der Waals surface area contributed by atoms with Gasteiger partial charge in [-0.25, -0.2) is 0 Å². The van der Waals surface area contributed by atoms with Gasteiger partial charge in [0.25, 0.3) is 0 Å². The lowest BCUT2D eigenvalue weighted by Gasteiger charge is -2.33. The Hall–Kier alpha value is -4.10. The predicted octanol–water partition coefficient (Wildman–Crippen LogP) is 5.90. The minimum atomic E-state index is 0.803. The molecule has 0 amide bonds. The van der Waals surface area contributed by atoms with Gasteiger partial charge in [0.1, 0.15) is 17.3 Å². The van der Waals surface area contributed by atoms with Gasteiger partial charge in [-0.1, -0.05) is 42.0 Å². The first-order valence-electron chi connectivity index (χ1n) is 14.1. The van der Waals surface area contributed by atoms with Crippen LogP contribution in [-0.4, -0.2) is 60.1 Å². The molecule has 0 bridgehead atoms. The van der Waals surface area contributed by atoms with Gasteiger partial charge in [-0.15, -0.1) is 10.2 Å². The molecule has 4 aromatic rings. The fourth-order valence-electron chi connectivity index (χ4n) is 6.07. The lowest BCUT2D eigenvalue weighted by molar-refractivity contribution is 0.254. The van der Waals surface area contributed by atoms with E-state index in [1.54, 1.807) is 14.2 Å². The van der Waals surface area contributed by atoms with Crippen LogP contribution in [0.25, 0.3) is 11.3 Å². The molecule has 6 rings (SSSR count). The van der Waals surface area contributed by atoms with Crippen molar-refractivity contribution in [1.82, 2.24) is 19.7 Å². The summed E-state index contributed by atoms with van der Waals surface area (Å²) in [5.74, 6) is 3.73. The molecular weight excluding hydrogens is 498 g/mol. The first-order valence-corrected chi connectivity index (χ1v) is 14.1. The van der Waals surface area contributed by atoms with Gasteiger partial charge in [0.05, 0.1) is 32.1 Å². The van der Waals surface area contributed by atoms with Crippen LogP contribution < -0.4 is 14.4 Å². The Balaban J connectivity index is 1.13. The normalized spacial score (nSPS) is 15.0. The maximum atomic E-state index is 5.41. The molecule has 1 aromatic heterocycles. The standard InChI is InChI=1S/C33H37N5O2/c1-24-34-35-32-23-37(30-7-4-5-8-31(30)38(24)32)20-6-19-36-21-17-27(18-22-36)33(25-9-13-28(39-2)14-10-25)26-11-15-29(40-3)16-12-26/h4-5,7-16H,6,17-23H2,1-3H3. The van der Waals surface area contributed by atoms with E-state index in [9.17, 15) is 0 Å². The highest BCUT2D eigenvalue weighted by Crippen LogP contribution is 2.35. The zero-order valence-electron chi connectivity index (χ0n) is 23.6. The molecule has 2 aliphatic heterocycles. The highest BCUT2D eigenvalue weighted by molar-refractivity contribution is 5.82. The number of rotatable bonds is 8. The van der Waals surface area contributed by atoms with E-state index in [2.05, 4.69) is 97.4 Å². The zero-order valence-corrected chi connectivity index (χ0v) is 23.6. The van der Waals surface area contributed by atoms with Crippen LogP contribution in [0.15, 0.2) is 78.4 Å². The third-order valence-electron chi connectivity index (χ3n) is 8.16. The highest BCUT2D eigenvalue weighted by atomic mass is 16.5. The minimum Gasteiger partial charge on any atom is -0.497 e. The third-order valence-corrected chi connectivity index (χ3v) is 8.16. The van der Waals surface area contributed by atoms with Crippen molar-refractivity contribution in [3.8, 4) is 17.2 Å². The quantitative estimate of drug-likeness (QED) is 0.280. The summed E-state index contributed by atoms with van der Waals surface area (Å²) in [6.45, 7) is 7.09. The molecule has 7 nitrogen and oxygen atoms in total. The van der Waals surface area contributed by atoms with E-state index in [0.717, 1.165) is 75.1 Å². The van der Waals surface area contributed by atoms with Crippen molar-refractivity contribution in [1.29, 1.82) is 0 Å². The average Bonchev–Trinajstić information content (AvgIpc) is 3.39. The minimum absolute atomic E-state index is 0.803. The summed E-state index contributed by atoms with van der Waals surface area (Å²) < 4.78 is 13.0. The Bertz CT molecular complexity index is 1430. The molecule has 0 atom stereocenters. The van der Waals surface area contributed by atoms with E-state index in [1.165, 1.54) is 33.6 Å². The molecule has 0 N–H and O–H groups in total. The number of hydrogen-bond donors (Lipinski definition) is 0. The van der Waals surface area contributed by atoms with Crippen LogP contribution in [0, 0.1) is 6.92 Å². The molecule has 0 unspecified atom stereocenters. The second-order valence-corrected chi connectivity index (χ2v) is 10.5. The average molecular weight is 536 g/mol. The predicted molar refractivity (Wildman–Crippen MR) is 159 cm³/mol. The monoisotopic (exact) mass is 535 g/mol. The van der Waals surface area contributed by atoms with E-state index < -0.39 is 0 Å². The maximum absolute atomic E-state index is 5.41. The Kier molecular flexibility index (Phi) is 7.55. The molecule has 0 saturated carbocycles. The number of fused-ring (bicyclic) bond motifs is 3. The van der Waals surface area contributed by atoms with Gasteiger partial charge < -0.3 is 19.3 Å². The van der Waals surface area contributed by atoms with Gasteiger partial charge in [-0.3, -0.25) is 4.57 Å². The Morgan fingerprint density at radius 1 is 0.750 bits per heavy atom. The molecule has 3 aromatic carbocycles. The van der Waals surface area contributed by atoms with Gasteiger partial charge in [0.2, 0.25) is 0 Å². The Labute approximate surface area is 236 Å². The third kappa shape index (κ3) is 5.21. The van der Waals surface area contributed by atoms with Crippen LogP contribution in [0.2, 0.25) is 0 Å². The van der Waals surface area contributed by atoms with Crippen LogP contribution in [-0.2, 0) is 6.54 Å². The Morgan fingerprint density at radius 2 is 1.35 bits per heavy atom. The number of methoxy groups -OCH3 is 2. The van der Waals surface area contributed by atoms with Gasteiger partial charge in [0, 0.05) is 19.6 Å². The van der Waals surface area contributed by atoms with Crippen LogP contribution in [0.1, 0.15) is 42.0 Å². The van der Waals surface area contributed by atoms with Crippen molar-refractivity contribution in [2.45, 2.75) is 32.7 Å². The first kappa shape index (κ1) is 26.1. The molecule has 0 spiro atoms. The number of nitrogens with zero attached hydrogens (tertiary/aromatic N) is 5. The molecule has 1 saturated heterocycles. The number of piperidine rings is 1. The van der Waals surface area contributed by atoms with Crippen molar-refractivity contribution in [3.05, 3.63) is 101 Å². The summed E-state index contributed by atoms with van der Waals surface area (Å²) in [6.07, 6.45) is 3.26. The SMILES string of the molecule is COc1ccc(C(=C2CCN(CCCN3Cc4nnc(C)n4-c4ccccc43)CC2)c2ccc(OC)cc2)cc1. The molecule has 7 heteroatoms. The van der Waals surface area contributed by atoms with Crippen LogP contribution in [0.4, 0.5) is 5.69 Å². The van der Waals surface area contributed by atoms with E-state index >= 15 is 0 Å². The molecule has 0 radical (unpaired) electrons. The van der Waals surface area contributed by atoms with E-state index in [-0.39, 0.29) is 0 Å². The van der Waals surface area contributed by atoms with Gasteiger partial charge >= 0.3 is 0 Å². The lowest BCUT2D eigenvalue weighted by Crippen LogP contribution is -2.35. The molecule has 40 heavy (non-hydrogen) atoms. The van der Waals surface area contributed by atoms with Crippen molar-refractivity contribution < 1.29 is 9.47 Å². The smallest absolute Gasteiger partial charge is 0.157 e. The summed E-state index contributed by atoms with van der Waals surface area (Å²) in [4.78, 5) is 5.07. The molecule has 1 fully saturated rings. The number of ether oxygens (including phenoxy) is 2. The number of benzene rings is 3. The van der Waals surface area contributed by atoms with Gasteiger partial charge in [-0.2, -0.15) is 0 Å². The fraction of sp³-hybridized carbons (Fsp3) is 0.333. The molecular formula is C33H37N5O2. The largest absolute Gasteiger partial charge is 0.497 e. The second kappa shape index (κ2) is 11.6. The van der Waals surface area contributed by atoms with Crippen molar-refractivity contribution in [2.24, 2.45) is 0 Å². The number of aromatic nitrogens is 3. The van der Waals surface area contributed by atoms with Crippen LogP contribution in [0.5, 0.6) is 11.5 Å². The number of anilines is 1. The summed E-state index contributed by atoms with van der Waals surface area (Å²) in [6, 6.07) is 25.5. The molecule has 2 aliphatic rings. The number of hydrogen-bond acceptors (Lipinski definition) is 6. The Morgan fingerprint density at radius 3 is 1.95 bits per heavy atom. The first-order chi connectivity index (χ1) is 19.6. The molecule has 3 heterocycles. The summed E-state index contributed by atoms with van der Waals surface area (Å²) in [7, 11) is 3.43. The topological polar surface area (TPSA) is 55.7 Å². The van der Waals surface area contributed by atoms with Crippen molar-refractivity contribution in [3.63, 3.8) is 0 Å². The van der Waals surface area contributed by atoms with Crippen molar-refractivity contribution in [2.75, 3.05) is 45.3 Å². The van der Waals surface area contributed by atoms with Crippen LogP contribution in [0.3, 0.4) is 0 Å². The van der Waals surface area contributed by atoms with Crippen LogP contribution >= 0.6 is 0 Å². The van der Waals surface area contributed by atoms with Gasteiger partial charge in [0.15, 0.2) is 5.82 Å². The summed E-state index contributed by atoms with van der Waals surface area (Å²) in [5, 5.41) is 8.77. The molecule has 206 valence electrons. The number of aryl methyl sites for hydroxylation is 1. The zero-order chi connectivity index (χ0) is 27.5. The lowest BCUT2D eigenvalue weighted by atomic mass is 9.88. The number of para-hydroxylation sites is 2. The molecule has 0 aliphatic carbocycles. The van der Waals surface area contributed by atoms with Gasteiger partial charge in [-0.05, 0) is 85.8 Å². The maximum Gasteiger partial charge on any atom is 0.157 e. The van der Waals surface area contributed by atoms with E-state index in [4.69, 9.17) is 9.47 Å². The summed E-state index contributed by atoms with van der Waals surface area (Å²) in [5.41, 5.74) is 7.79. The van der Waals surface area contributed by atoms with E-state index in [1.807, 2.05) is 6.92 Å². The summed E-state index contributed by atoms with van der Waals surface area (Å²) >= 11 is 0. The second-order valence-electron chi connectivity index (χ2n) is 10.5. The highest BCUT2D eigenvalue weighted by Gasteiger charge is 2.25. The number of likely N-dealkylation sites (tertiary alicyclic amines) is 1. The van der Waals surface area contributed by atoms with E-state index in [0.29, 0.717) is 0 Å². The fourth-order valence-corrected chi connectivity index (χ4v) is 6.07.